The van der Waals surface area contributed by atoms with Gasteiger partial charge in [-0.05, 0) is 13.3 Å². The van der Waals surface area contributed by atoms with E-state index in [1.165, 1.54) is 4.88 Å². The molecule has 0 aromatic carbocycles. The predicted molar refractivity (Wildman–Crippen MR) is 59.8 cm³/mol. The van der Waals surface area contributed by atoms with Crippen molar-refractivity contribution < 1.29 is 9.53 Å². The molecular weight excluding hydrogens is 212 g/mol. The van der Waals surface area contributed by atoms with Gasteiger partial charge in [0.25, 0.3) is 0 Å². The summed E-state index contributed by atoms with van der Waals surface area (Å²) in [7, 11) is 0. The predicted octanol–water partition coefficient (Wildman–Crippen LogP) is 1.36. The lowest BCUT2D eigenvalue weighted by Gasteiger charge is -2.02. The Morgan fingerprint density at radius 3 is 3.00 bits per heavy atom. The molecule has 1 N–H and O–H groups in total. The van der Waals surface area contributed by atoms with Gasteiger partial charge in [0.15, 0.2) is 0 Å². The monoisotopic (exact) mass is 228 g/mol. The zero-order valence-electron chi connectivity index (χ0n) is 9.08. The lowest BCUT2D eigenvalue weighted by Crippen LogP contribution is -2.26. The minimum atomic E-state index is -0.0925. The summed E-state index contributed by atoms with van der Waals surface area (Å²) in [5.74, 6) is -0.0925. The summed E-state index contributed by atoms with van der Waals surface area (Å²) in [6, 6.07) is 0. The molecule has 0 spiro atoms. The maximum Gasteiger partial charge on any atom is 0.246 e. The minimum absolute atomic E-state index is 0.0925. The van der Waals surface area contributed by atoms with Crippen LogP contribution in [0.2, 0.25) is 0 Å². The second kappa shape index (κ2) is 6.53. The second-order valence-corrected chi connectivity index (χ2v) is 4.19. The van der Waals surface area contributed by atoms with Gasteiger partial charge in [-0.15, -0.1) is 11.3 Å². The number of ether oxygens (including phenoxy) is 1. The highest BCUT2D eigenvalue weighted by molar-refractivity contribution is 7.11. The maximum absolute atomic E-state index is 11.2. The van der Waals surface area contributed by atoms with Crippen molar-refractivity contribution in [3.05, 3.63) is 16.1 Å². The summed E-state index contributed by atoms with van der Waals surface area (Å²) < 4.78 is 4.98. The molecule has 1 aromatic rings. The average molecular weight is 228 g/mol. The molecule has 0 aliphatic carbocycles. The zero-order valence-corrected chi connectivity index (χ0v) is 9.89. The van der Waals surface area contributed by atoms with Crippen LogP contribution in [0.15, 0.2) is 6.20 Å². The van der Waals surface area contributed by atoms with Gasteiger partial charge in [-0.2, -0.15) is 0 Å². The number of nitrogens with zero attached hydrogens (tertiary/aromatic N) is 1. The Morgan fingerprint density at radius 1 is 1.60 bits per heavy atom. The molecule has 84 valence electrons. The Hall–Kier alpha value is -0.940. The fourth-order valence-electron chi connectivity index (χ4n) is 1.01. The third kappa shape index (κ3) is 4.40. The van der Waals surface area contributed by atoms with Gasteiger partial charge in [-0.25, -0.2) is 4.98 Å². The average Bonchev–Trinajstić information content (AvgIpc) is 2.71. The fraction of sp³-hybridized carbons (Fsp3) is 0.600. The van der Waals surface area contributed by atoms with Crippen LogP contribution in [-0.4, -0.2) is 24.1 Å². The Balaban J connectivity index is 2.27. The van der Waals surface area contributed by atoms with Crippen LogP contribution in [0, 0.1) is 0 Å². The van der Waals surface area contributed by atoms with Crippen molar-refractivity contribution in [3.63, 3.8) is 0 Å². The molecule has 1 heterocycles. The standard InChI is InChI=1S/C10H16N2O2S/c1-3-8-5-12-10(15-8)6-11-9(13)7-14-4-2/h5H,3-4,6-7H2,1-2H3,(H,11,13). The molecule has 0 bridgehead atoms. The van der Waals surface area contributed by atoms with E-state index >= 15 is 0 Å². The normalized spacial score (nSPS) is 10.3. The Labute approximate surface area is 93.7 Å². The number of aromatic nitrogens is 1. The molecule has 0 radical (unpaired) electrons. The summed E-state index contributed by atoms with van der Waals surface area (Å²) in [4.78, 5) is 16.6. The van der Waals surface area contributed by atoms with Gasteiger partial charge in [0, 0.05) is 17.7 Å². The van der Waals surface area contributed by atoms with Gasteiger partial charge in [-0.3, -0.25) is 4.79 Å². The van der Waals surface area contributed by atoms with E-state index in [1.54, 1.807) is 11.3 Å². The molecule has 15 heavy (non-hydrogen) atoms. The smallest absolute Gasteiger partial charge is 0.246 e. The summed E-state index contributed by atoms with van der Waals surface area (Å²) in [5, 5.41) is 3.70. The van der Waals surface area contributed by atoms with Crippen LogP contribution in [0.3, 0.4) is 0 Å². The number of hydrogen-bond donors (Lipinski definition) is 1. The van der Waals surface area contributed by atoms with Gasteiger partial charge in [0.2, 0.25) is 5.91 Å². The van der Waals surface area contributed by atoms with Crippen molar-refractivity contribution in [2.45, 2.75) is 26.8 Å². The van der Waals surface area contributed by atoms with E-state index < -0.39 is 0 Å². The molecule has 0 aliphatic heterocycles. The van der Waals surface area contributed by atoms with Gasteiger partial charge in [0.1, 0.15) is 11.6 Å². The van der Waals surface area contributed by atoms with Gasteiger partial charge in [-0.1, -0.05) is 6.92 Å². The maximum atomic E-state index is 11.2. The number of carbonyl (C=O) groups excluding carboxylic acids is 1. The number of aryl methyl sites for hydroxylation is 1. The van der Waals surface area contributed by atoms with Crippen molar-refractivity contribution >= 4 is 17.2 Å². The first-order valence-corrected chi connectivity index (χ1v) is 5.86. The van der Waals surface area contributed by atoms with Crippen molar-refractivity contribution in [3.8, 4) is 0 Å². The van der Waals surface area contributed by atoms with E-state index in [0.29, 0.717) is 13.2 Å². The first-order chi connectivity index (χ1) is 7.26. The number of nitrogens with one attached hydrogen (secondary N) is 1. The van der Waals surface area contributed by atoms with Crippen LogP contribution < -0.4 is 5.32 Å². The van der Waals surface area contributed by atoms with E-state index in [1.807, 2.05) is 13.1 Å². The third-order valence-electron chi connectivity index (χ3n) is 1.82. The second-order valence-electron chi connectivity index (χ2n) is 2.99. The summed E-state index contributed by atoms with van der Waals surface area (Å²) in [6.07, 6.45) is 2.85. The van der Waals surface area contributed by atoms with Crippen LogP contribution in [0.1, 0.15) is 23.7 Å². The van der Waals surface area contributed by atoms with Crippen LogP contribution in [-0.2, 0) is 22.5 Å². The first kappa shape index (κ1) is 12.1. The molecule has 1 rings (SSSR count). The van der Waals surface area contributed by atoms with Crippen molar-refractivity contribution in [1.82, 2.24) is 10.3 Å². The quantitative estimate of drug-likeness (QED) is 0.799. The minimum Gasteiger partial charge on any atom is -0.372 e. The van der Waals surface area contributed by atoms with Crippen LogP contribution >= 0.6 is 11.3 Å². The van der Waals surface area contributed by atoms with Crippen LogP contribution in [0.5, 0.6) is 0 Å². The molecule has 0 atom stereocenters. The topological polar surface area (TPSA) is 51.2 Å². The third-order valence-corrected chi connectivity index (χ3v) is 2.97. The highest BCUT2D eigenvalue weighted by Crippen LogP contribution is 2.12. The largest absolute Gasteiger partial charge is 0.372 e. The van der Waals surface area contributed by atoms with Crippen LogP contribution in [0.4, 0.5) is 0 Å². The van der Waals surface area contributed by atoms with Crippen molar-refractivity contribution in [2.24, 2.45) is 0 Å². The molecule has 0 saturated carbocycles. The summed E-state index contributed by atoms with van der Waals surface area (Å²) in [6.45, 7) is 5.14. The fourth-order valence-corrected chi connectivity index (χ4v) is 1.82. The Kier molecular flexibility index (Phi) is 5.28. The summed E-state index contributed by atoms with van der Waals surface area (Å²) in [5.41, 5.74) is 0. The number of thiazole rings is 1. The number of hydrogen-bond acceptors (Lipinski definition) is 4. The molecule has 4 nitrogen and oxygen atoms in total. The molecule has 5 heteroatoms. The van der Waals surface area contributed by atoms with Crippen molar-refractivity contribution in [1.29, 1.82) is 0 Å². The molecule has 0 aliphatic rings. The SMILES string of the molecule is CCOCC(=O)NCc1ncc(CC)s1. The molecule has 1 amide bonds. The van der Waals surface area contributed by atoms with E-state index in [4.69, 9.17) is 4.74 Å². The molecule has 1 aromatic heterocycles. The Bertz CT molecular complexity index is 312. The zero-order chi connectivity index (χ0) is 11.1. The Morgan fingerprint density at radius 2 is 2.40 bits per heavy atom. The lowest BCUT2D eigenvalue weighted by atomic mass is 10.4. The van der Waals surface area contributed by atoms with E-state index in [2.05, 4.69) is 17.2 Å². The molecule has 0 unspecified atom stereocenters. The highest BCUT2D eigenvalue weighted by atomic mass is 32.1. The number of amides is 1. The first-order valence-electron chi connectivity index (χ1n) is 5.04. The van der Waals surface area contributed by atoms with E-state index in [0.717, 1.165) is 11.4 Å². The molecule has 0 fully saturated rings. The van der Waals surface area contributed by atoms with Crippen molar-refractivity contribution in [2.75, 3.05) is 13.2 Å². The van der Waals surface area contributed by atoms with E-state index in [9.17, 15) is 4.79 Å². The van der Waals surface area contributed by atoms with Gasteiger partial charge in [0.05, 0.1) is 6.54 Å². The van der Waals surface area contributed by atoms with Gasteiger partial charge >= 0.3 is 0 Å². The van der Waals surface area contributed by atoms with Crippen LogP contribution in [0.25, 0.3) is 0 Å². The summed E-state index contributed by atoms with van der Waals surface area (Å²) >= 11 is 1.63. The molecule has 0 saturated heterocycles. The van der Waals surface area contributed by atoms with Gasteiger partial charge < -0.3 is 10.1 Å². The number of rotatable bonds is 6. The molecular formula is C10H16N2O2S. The number of carbonyl (C=O) groups is 1. The highest BCUT2D eigenvalue weighted by Gasteiger charge is 2.03. The van der Waals surface area contributed by atoms with E-state index in [-0.39, 0.29) is 12.5 Å². The lowest BCUT2D eigenvalue weighted by molar-refractivity contribution is -0.125.